The van der Waals surface area contributed by atoms with E-state index >= 15 is 0 Å². The van der Waals surface area contributed by atoms with Crippen molar-refractivity contribution in [2.75, 3.05) is 36.2 Å². The molecule has 2 aliphatic rings. The van der Waals surface area contributed by atoms with Gasteiger partial charge in [-0.2, -0.15) is 0 Å². The maximum atomic E-state index is 13.5. The van der Waals surface area contributed by atoms with Gasteiger partial charge in [0.05, 0.1) is 33.5 Å². The zero-order valence-corrected chi connectivity index (χ0v) is 26.0. The van der Waals surface area contributed by atoms with Crippen LogP contribution in [0.1, 0.15) is 27.7 Å². The molecule has 9 nitrogen and oxygen atoms in total. The van der Waals surface area contributed by atoms with E-state index in [1.807, 2.05) is 0 Å². The molecule has 0 saturated carbocycles. The SMILES string of the molecule is CCOC(=O)C(C)N1C(=O)COc2cc(F)c(Br)cc21.CCOC(=O)C(C)N1C(=S)COc2cc(F)c(Br)cc21. The number of fused-ring (bicyclic) bond motifs is 2. The Balaban J connectivity index is 0.000000220. The van der Waals surface area contributed by atoms with Gasteiger partial charge < -0.3 is 23.8 Å². The molecule has 14 heteroatoms. The largest absolute Gasteiger partial charge is 0.484 e. The molecule has 2 aromatic carbocycles. The predicted octanol–water partition coefficient (Wildman–Crippen LogP) is 5.33. The summed E-state index contributed by atoms with van der Waals surface area (Å²) in [6, 6.07) is 4.01. The summed E-state index contributed by atoms with van der Waals surface area (Å²) in [6.07, 6.45) is 0. The molecule has 0 bridgehead atoms. The van der Waals surface area contributed by atoms with Crippen LogP contribution in [0.4, 0.5) is 20.2 Å². The van der Waals surface area contributed by atoms with Crippen molar-refractivity contribution in [2.24, 2.45) is 0 Å². The average Bonchev–Trinajstić information content (AvgIpc) is 2.90. The van der Waals surface area contributed by atoms with Crippen molar-refractivity contribution in [2.45, 2.75) is 39.8 Å². The number of hydrogen-bond acceptors (Lipinski definition) is 8. The molecule has 1 amide bonds. The van der Waals surface area contributed by atoms with E-state index in [1.54, 1.807) is 38.7 Å². The number of nitrogens with zero attached hydrogens (tertiary/aromatic N) is 2. The number of ether oxygens (including phenoxy) is 4. The molecule has 0 spiro atoms. The lowest BCUT2D eigenvalue weighted by Gasteiger charge is -2.35. The molecule has 2 heterocycles. The van der Waals surface area contributed by atoms with E-state index in [0.29, 0.717) is 28.7 Å². The van der Waals surface area contributed by atoms with E-state index in [2.05, 4.69) is 31.9 Å². The van der Waals surface area contributed by atoms with Gasteiger partial charge in [-0.15, -0.1) is 0 Å². The van der Waals surface area contributed by atoms with Crippen LogP contribution in [0, 0.1) is 11.6 Å². The van der Waals surface area contributed by atoms with Gasteiger partial charge in [-0.3, -0.25) is 9.69 Å². The quantitative estimate of drug-likeness (QED) is 0.292. The van der Waals surface area contributed by atoms with Crippen LogP contribution in [0.2, 0.25) is 0 Å². The van der Waals surface area contributed by atoms with Gasteiger partial charge in [0.2, 0.25) is 0 Å². The highest BCUT2D eigenvalue weighted by molar-refractivity contribution is 9.10. The Hall–Kier alpha value is -2.84. The van der Waals surface area contributed by atoms with Gasteiger partial charge in [-0.1, -0.05) is 12.2 Å². The summed E-state index contributed by atoms with van der Waals surface area (Å²) in [6.45, 7) is 7.08. The maximum Gasteiger partial charge on any atom is 0.328 e. The van der Waals surface area contributed by atoms with Gasteiger partial charge in [0.15, 0.2) is 6.61 Å². The fourth-order valence-electron chi connectivity index (χ4n) is 3.92. The number of carbonyl (C=O) groups is 3. The van der Waals surface area contributed by atoms with Crippen molar-refractivity contribution < 1.29 is 42.1 Å². The third-order valence-electron chi connectivity index (χ3n) is 5.79. The third-order valence-corrected chi connectivity index (χ3v) is 7.32. The fraction of sp³-hybridized carbons (Fsp3) is 0.385. The normalized spacial score (nSPS) is 15.4. The third kappa shape index (κ3) is 6.89. The number of amides is 1. The van der Waals surface area contributed by atoms with Gasteiger partial charge in [0, 0.05) is 12.1 Å². The Bertz CT molecular complexity index is 1230. The summed E-state index contributed by atoms with van der Waals surface area (Å²) in [5, 5.41) is 0. The number of thiocarbonyl (C=S) groups is 1. The highest BCUT2D eigenvalue weighted by Crippen LogP contribution is 2.39. The van der Waals surface area contributed by atoms with Crippen LogP contribution in [0.15, 0.2) is 33.2 Å². The standard InChI is InChI=1S/C13H13BrFNO4.C13H13BrFNO3S/c1-3-19-13(18)7(2)16-10-4-8(14)9(15)5-11(10)20-6-12(16)17;1-3-18-13(17)7(2)16-10-4-8(14)9(15)5-11(10)19-6-12(16)20/h2*4-5,7H,3,6H2,1-2H3. The first-order chi connectivity index (χ1) is 18.9. The molecular formula is C26H26Br2F2N2O7S. The second-order valence-electron chi connectivity index (χ2n) is 8.43. The Morgan fingerprint density at radius 2 is 1.30 bits per heavy atom. The van der Waals surface area contributed by atoms with Gasteiger partial charge >= 0.3 is 11.9 Å². The molecule has 2 aliphatic heterocycles. The summed E-state index contributed by atoms with van der Waals surface area (Å²) < 4.78 is 48.0. The number of esters is 2. The molecule has 2 aromatic rings. The first-order valence-corrected chi connectivity index (χ1v) is 14.1. The number of anilines is 2. The summed E-state index contributed by atoms with van der Waals surface area (Å²) in [4.78, 5) is 39.0. The highest BCUT2D eigenvalue weighted by Gasteiger charge is 2.35. The van der Waals surface area contributed by atoms with Crippen molar-refractivity contribution in [1.29, 1.82) is 0 Å². The number of carbonyl (C=O) groups excluding carboxylic acids is 3. The van der Waals surface area contributed by atoms with Crippen LogP contribution in [-0.2, 0) is 23.9 Å². The highest BCUT2D eigenvalue weighted by atomic mass is 79.9. The summed E-state index contributed by atoms with van der Waals surface area (Å²) >= 11 is 11.4. The second kappa shape index (κ2) is 13.7. The minimum absolute atomic E-state index is 0.132. The predicted molar refractivity (Wildman–Crippen MR) is 154 cm³/mol. The smallest absolute Gasteiger partial charge is 0.328 e. The molecule has 0 aromatic heterocycles. The molecule has 216 valence electrons. The minimum atomic E-state index is -0.803. The topological polar surface area (TPSA) is 94.6 Å². The lowest BCUT2D eigenvalue weighted by molar-refractivity contribution is -0.146. The van der Waals surface area contributed by atoms with Crippen LogP contribution in [0.25, 0.3) is 0 Å². The number of hydrogen-bond donors (Lipinski definition) is 0. The Kier molecular flexibility index (Phi) is 10.8. The summed E-state index contributed by atoms with van der Waals surface area (Å²) in [5.74, 6) is -1.63. The van der Waals surface area contributed by atoms with E-state index in [9.17, 15) is 23.2 Å². The average molecular weight is 708 g/mol. The monoisotopic (exact) mass is 706 g/mol. The molecule has 40 heavy (non-hydrogen) atoms. The summed E-state index contributed by atoms with van der Waals surface area (Å²) in [7, 11) is 0. The first-order valence-electron chi connectivity index (χ1n) is 12.1. The number of rotatable bonds is 6. The van der Waals surface area contributed by atoms with E-state index in [4.69, 9.17) is 31.2 Å². The lowest BCUT2D eigenvalue weighted by Crippen LogP contribution is -2.48. The number of halogens is 4. The molecule has 2 unspecified atom stereocenters. The minimum Gasteiger partial charge on any atom is -0.484 e. The van der Waals surface area contributed by atoms with Gasteiger partial charge in [0.1, 0.15) is 46.8 Å². The molecule has 2 atom stereocenters. The van der Waals surface area contributed by atoms with Crippen LogP contribution in [-0.4, -0.2) is 61.3 Å². The maximum absolute atomic E-state index is 13.5. The molecule has 0 fully saturated rings. The lowest BCUT2D eigenvalue weighted by atomic mass is 10.1. The van der Waals surface area contributed by atoms with E-state index in [0.717, 1.165) is 0 Å². The van der Waals surface area contributed by atoms with Crippen LogP contribution in [0.5, 0.6) is 11.5 Å². The van der Waals surface area contributed by atoms with Crippen molar-refractivity contribution in [3.05, 3.63) is 44.8 Å². The molecule has 0 aliphatic carbocycles. The molecule has 4 rings (SSSR count). The molecular weight excluding hydrogens is 682 g/mol. The first kappa shape index (κ1) is 31.7. The van der Waals surface area contributed by atoms with Gasteiger partial charge in [-0.05, 0) is 71.7 Å². The number of benzene rings is 2. The van der Waals surface area contributed by atoms with E-state index in [-0.39, 0.29) is 46.4 Å². The van der Waals surface area contributed by atoms with E-state index in [1.165, 1.54) is 23.1 Å². The zero-order valence-electron chi connectivity index (χ0n) is 22.0. The van der Waals surface area contributed by atoms with Gasteiger partial charge in [-0.25, -0.2) is 18.4 Å². The zero-order chi connectivity index (χ0) is 29.7. The van der Waals surface area contributed by atoms with Crippen molar-refractivity contribution in [3.8, 4) is 11.5 Å². The Morgan fingerprint density at radius 3 is 1.77 bits per heavy atom. The van der Waals surface area contributed by atoms with Crippen molar-refractivity contribution >= 4 is 78.3 Å². The molecule has 0 saturated heterocycles. The van der Waals surface area contributed by atoms with Crippen LogP contribution in [0.3, 0.4) is 0 Å². The summed E-state index contributed by atoms with van der Waals surface area (Å²) in [5.41, 5.74) is 0.894. The van der Waals surface area contributed by atoms with Crippen LogP contribution >= 0.6 is 44.1 Å². The van der Waals surface area contributed by atoms with E-state index < -0.39 is 29.7 Å². The Morgan fingerprint density at radius 1 is 0.875 bits per heavy atom. The van der Waals surface area contributed by atoms with Crippen molar-refractivity contribution in [1.82, 2.24) is 0 Å². The van der Waals surface area contributed by atoms with Crippen LogP contribution < -0.4 is 19.3 Å². The second-order valence-corrected chi connectivity index (χ2v) is 10.6. The molecule has 0 radical (unpaired) electrons. The fourth-order valence-corrected chi connectivity index (χ4v) is 4.89. The molecule has 0 N–H and O–H groups in total. The van der Waals surface area contributed by atoms with Crippen molar-refractivity contribution in [3.63, 3.8) is 0 Å². The Labute approximate surface area is 251 Å². The van der Waals surface area contributed by atoms with Gasteiger partial charge in [0.25, 0.3) is 5.91 Å².